The maximum absolute atomic E-state index is 17.2. The number of amides is 1. The average molecular weight is 765 g/mol. The second-order valence-electron chi connectivity index (χ2n) is 15.3. The van der Waals surface area contributed by atoms with E-state index in [-0.39, 0.29) is 66.3 Å². The van der Waals surface area contributed by atoms with Crippen molar-refractivity contribution < 1.29 is 22.7 Å². The van der Waals surface area contributed by atoms with E-state index < -0.39 is 23.3 Å². The number of nitrogens with two attached hydrogens (primary N) is 1. The highest BCUT2D eigenvalue weighted by atomic mass is 35.5. The number of aromatic nitrogens is 2. The van der Waals surface area contributed by atoms with Crippen molar-refractivity contribution in [3.63, 3.8) is 0 Å². The molecule has 53 heavy (non-hydrogen) atoms. The van der Waals surface area contributed by atoms with E-state index in [4.69, 9.17) is 27.1 Å². The SMILES string of the molecule is CN(C)C/C=C/C(=O)N1CC2(CCCN(c3nc(OC[C@@]45CCCN4C[C@H](F)C5)nc4c(F)c(-c5ccc(F)c6sc(N)c(C#N)c56)c(Cl)cc34)C2)C1. The molecule has 4 fully saturated rings. The van der Waals surface area contributed by atoms with Crippen LogP contribution in [0.1, 0.15) is 37.7 Å². The van der Waals surface area contributed by atoms with Gasteiger partial charge >= 0.3 is 6.01 Å². The molecule has 8 rings (SSSR count). The Kier molecular flexibility index (Phi) is 9.20. The summed E-state index contributed by atoms with van der Waals surface area (Å²) in [5.41, 5.74) is 5.63. The van der Waals surface area contributed by atoms with Crippen molar-refractivity contribution in [2.24, 2.45) is 5.41 Å². The van der Waals surface area contributed by atoms with E-state index in [1.54, 1.807) is 12.1 Å². The van der Waals surface area contributed by atoms with Crippen molar-refractivity contribution in [3.8, 4) is 23.2 Å². The van der Waals surface area contributed by atoms with Gasteiger partial charge in [0.25, 0.3) is 0 Å². The summed E-state index contributed by atoms with van der Waals surface area (Å²) in [4.78, 5) is 30.4. The first-order valence-corrected chi connectivity index (χ1v) is 19.1. The second kappa shape index (κ2) is 13.6. The molecule has 1 amide bonds. The van der Waals surface area contributed by atoms with Gasteiger partial charge in [-0.3, -0.25) is 9.69 Å². The van der Waals surface area contributed by atoms with Gasteiger partial charge in [0.1, 0.15) is 41.0 Å². The van der Waals surface area contributed by atoms with E-state index in [2.05, 4.69) is 14.8 Å². The van der Waals surface area contributed by atoms with Crippen LogP contribution < -0.4 is 15.4 Å². The Balaban J connectivity index is 1.19. The van der Waals surface area contributed by atoms with Crippen LogP contribution in [0.3, 0.4) is 0 Å². The summed E-state index contributed by atoms with van der Waals surface area (Å²) in [6.45, 7) is 4.35. The van der Waals surface area contributed by atoms with Gasteiger partial charge in [0.05, 0.1) is 20.8 Å². The smallest absolute Gasteiger partial charge is 0.319 e. The first kappa shape index (κ1) is 35.8. The zero-order valence-electron chi connectivity index (χ0n) is 29.6. The molecule has 4 aliphatic heterocycles. The number of anilines is 2. The number of likely N-dealkylation sites (N-methyl/N-ethyl adjacent to an activating group) is 1. The van der Waals surface area contributed by atoms with Crippen LogP contribution in [0.4, 0.5) is 24.0 Å². The quantitative estimate of drug-likeness (QED) is 0.204. The van der Waals surface area contributed by atoms with Gasteiger partial charge < -0.3 is 25.2 Å². The number of hydrogen-bond donors (Lipinski definition) is 1. The second-order valence-corrected chi connectivity index (χ2v) is 16.7. The molecule has 0 radical (unpaired) electrons. The van der Waals surface area contributed by atoms with Crippen molar-refractivity contribution in [1.82, 2.24) is 24.7 Å². The van der Waals surface area contributed by atoms with Crippen LogP contribution >= 0.6 is 22.9 Å². The highest BCUT2D eigenvalue weighted by Crippen LogP contribution is 2.47. The predicted molar refractivity (Wildman–Crippen MR) is 201 cm³/mol. The van der Waals surface area contributed by atoms with Crippen LogP contribution in [-0.2, 0) is 4.79 Å². The fraction of sp³-hybridized carbons (Fsp3) is 0.474. The molecule has 2 aromatic heterocycles. The summed E-state index contributed by atoms with van der Waals surface area (Å²) < 4.78 is 53.2. The minimum atomic E-state index is -0.951. The zero-order chi connectivity index (χ0) is 37.2. The molecule has 4 aliphatic rings. The number of carbonyl (C=O) groups is 1. The molecule has 10 nitrogen and oxygen atoms in total. The third kappa shape index (κ3) is 6.25. The number of nitrogens with zero attached hydrogens (tertiary/aromatic N) is 7. The highest BCUT2D eigenvalue weighted by Gasteiger charge is 2.50. The molecule has 2 N–H and O–H groups in total. The topological polar surface area (TPSA) is 115 Å². The Morgan fingerprint density at radius 2 is 2.00 bits per heavy atom. The number of hydrogen-bond acceptors (Lipinski definition) is 10. The lowest BCUT2D eigenvalue weighted by Gasteiger charge is -2.54. The number of benzene rings is 2. The van der Waals surface area contributed by atoms with Crippen molar-refractivity contribution in [3.05, 3.63) is 52.6 Å². The molecule has 4 aromatic rings. The fourth-order valence-corrected chi connectivity index (χ4v) is 10.1. The molecule has 0 aliphatic carbocycles. The van der Waals surface area contributed by atoms with Gasteiger partial charge in [0, 0.05) is 73.5 Å². The maximum atomic E-state index is 17.2. The summed E-state index contributed by atoms with van der Waals surface area (Å²) in [5, 5.41) is 10.6. The number of piperidine rings is 1. The Hall–Kier alpha value is -4.16. The van der Waals surface area contributed by atoms with Gasteiger partial charge in [-0.15, -0.1) is 11.3 Å². The van der Waals surface area contributed by atoms with Gasteiger partial charge in [0.15, 0.2) is 5.82 Å². The summed E-state index contributed by atoms with van der Waals surface area (Å²) in [7, 11) is 3.89. The van der Waals surface area contributed by atoms with E-state index in [0.717, 1.165) is 43.6 Å². The van der Waals surface area contributed by atoms with E-state index in [1.165, 1.54) is 12.1 Å². The Bertz CT molecular complexity index is 2200. The molecule has 15 heteroatoms. The molecule has 278 valence electrons. The van der Waals surface area contributed by atoms with E-state index in [0.29, 0.717) is 56.9 Å². The molecule has 1 spiro atoms. The van der Waals surface area contributed by atoms with Crippen molar-refractivity contribution in [1.29, 1.82) is 5.26 Å². The van der Waals surface area contributed by atoms with Crippen LogP contribution in [0.2, 0.25) is 5.02 Å². The largest absolute Gasteiger partial charge is 0.461 e. The number of thiophene rings is 1. The van der Waals surface area contributed by atoms with Crippen molar-refractivity contribution in [2.45, 2.75) is 43.8 Å². The minimum Gasteiger partial charge on any atom is -0.461 e. The van der Waals surface area contributed by atoms with Gasteiger partial charge in [-0.1, -0.05) is 23.7 Å². The normalized spacial score (nSPS) is 22.7. The zero-order valence-corrected chi connectivity index (χ0v) is 31.2. The molecule has 2 aromatic carbocycles. The first-order chi connectivity index (χ1) is 25.4. The monoisotopic (exact) mass is 764 g/mol. The standard InChI is InChI=1S/C38H40ClF3N8O2S/c1-47(2)11-3-6-28(51)49-19-37(20-49)9-4-12-48(18-37)35-24-14-26(39)30(23-7-8-27(41)33-29(23)25(16-43)34(44)53-33)31(42)32(24)45-36(46-35)52-21-38-10-5-13-50(38)17-22(40)15-38/h3,6-8,14,22H,4-5,9-13,15,17-21,44H2,1-2H3/b6-3+/t22-,38+/m1/s1. The molecule has 0 saturated carbocycles. The molecule has 0 unspecified atom stereocenters. The van der Waals surface area contributed by atoms with Gasteiger partial charge in [-0.2, -0.15) is 15.2 Å². The molecule has 2 atom stereocenters. The van der Waals surface area contributed by atoms with E-state index in [9.17, 15) is 18.8 Å². The Morgan fingerprint density at radius 1 is 1.21 bits per heavy atom. The summed E-state index contributed by atoms with van der Waals surface area (Å²) in [6, 6.07) is 6.22. The van der Waals surface area contributed by atoms with E-state index in [1.807, 2.05) is 36.0 Å². The summed E-state index contributed by atoms with van der Waals surface area (Å²) in [6.07, 6.45) is 6.34. The number of carbonyl (C=O) groups excluding carboxylic acids is 1. The summed E-state index contributed by atoms with van der Waals surface area (Å²) >= 11 is 7.84. The Labute approximate surface area is 314 Å². The number of rotatable bonds is 8. The summed E-state index contributed by atoms with van der Waals surface area (Å²) in [5.74, 6) is -0.931. The number of ether oxygens (including phenoxy) is 1. The highest BCUT2D eigenvalue weighted by molar-refractivity contribution is 7.23. The van der Waals surface area contributed by atoms with E-state index >= 15 is 4.39 Å². The van der Waals surface area contributed by atoms with Crippen LogP contribution in [0.5, 0.6) is 6.01 Å². The number of likely N-dealkylation sites (tertiary alicyclic amines) is 1. The van der Waals surface area contributed by atoms with Gasteiger partial charge in [-0.05, 0) is 64.0 Å². The fourth-order valence-electron chi connectivity index (χ4n) is 8.90. The number of alkyl halides is 1. The maximum Gasteiger partial charge on any atom is 0.319 e. The molecular weight excluding hydrogens is 725 g/mol. The minimum absolute atomic E-state index is 0.0243. The molecule has 6 heterocycles. The van der Waals surface area contributed by atoms with Gasteiger partial charge in [0.2, 0.25) is 5.91 Å². The lowest BCUT2D eigenvalue weighted by molar-refractivity contribution is -0.138. The number of fused-ring (bicyclic) bond motifs is 3. The average Bonchev–Trinajstić information content (AvgIpc) is 3.76. The number of halogens is 4. The van der Waals surface area contributed by atoms with Crippen LogP contribution in [-0.4, -0.2) is 109 Å². The lowest BCUT2D eigenvalue weighted by Crippen LogP contribution is -2.64. The van der Waals surface area contributed by atoms with Crippen molar-refractivity contribution in [2.75, 3.05) is 77.1 Å². The van der Waals surface area contributed by atoms with Crippen molar-refractivity contribution >= 4 is 60.7 Å². The van der Waals surface area contributed by atoms with Crippen LogP contribution in [0, 0.1) is 28.4 Å². The van der Waals surface area contributed by atoms with Gasteiger partial charge in [-0.25, -0.2) is 13.2 Å². The molecular formula is C38H40ClF3N8O2S. The first-order valence-electron chi connectivity index (χ1n) is 17.9. The molecule has 0 bridgehead atoms. The van der Waals surface area contributed by atoms with Crippen LogP contribution in [0.25, 0.3) is 32.1 Å². The Morgan fingerprint density at radius 3 is 2.77 bits per heavy atom. The molecule has 4 saturated heterocycles. The lowest BCUT2D eigenvalue weighted by atomic mass is 9.73. The number of nitrogen functional groups attached to an aromatic ring is 1. The predicted octanol–water partition coefficient (Wildman–Crippen LogP) is 6.40. The third-order valence-corrected chi connectivity index (χ3v) is 12.7. The van der Waals surface area contributed by atoms with Crippen LogP contribution in [0.15, 0.2) is 30.4 Å². The number of nitriles is 1. The third-order valence-electron chi connectivity index (χ3n) is 11.3.